The molecule has 1 heterocycles. The first kappa shape index (κ1) is 13.8. The Morgan fingerprint density at radius 2 is 2.16 bits per heavy atom. The van der Waals surface area contributed by atoms with Gasteiger partial charge in [-0.25, -0.2) is 9.78 Å². The molecule has 2 atom stereocenters. The number of aryl methyl sites for hydroxylation is 2. The number of urea groups is 1. The highest BCUT2D eigenvalue weighted by atomic mass is 16.5. The number of carbonyl (C=O) groups is 1. The minimum absolute atomic E-state index is 0.0934. The number of amides is 2. The number of methoxy groups -OCH3 is 1. The van der Waals surface area contributed by atoms with Crippen molar-refractivity contribution < 1.29 is 9.53 Å². The molecular weight excluding hydrogens is 242 g/mol. The summed E-state index contributed by atoms with van der Waals surface area (Å²) in [6, 6.07) is 3.71. The van der Waals surface area contributed by atoms with Gasteiger partial charge in [0.1, 0.15) is 5.82 Å². The quantitative estimate of drug-likeness (QED) is 0.880. The Balaban J connectivity index is 1.93. The fourth-order valence-corrected chi connectivity index (χ4v) is 2.60. The van der Waals surface area contributed by atoms with Crippen LogP contribution in [0.2, 0.25) is 0 Å². The molecule has 2 amide bonds. The predicted octanol–water partition coefficient (Wildman–Crippen LogP) is 2.39. The Hall–Kier alpha value is -1.62. The summed E-state index contributed by atoms with van der Waals surface area (Å²) in [4.78, 5) is 16.2. The van der Waals surface area contributed by atoms with Gasteiger partial charge in [0.2, 0.25) is 0 Å². The first-order valence-corrected chi connectivity index (χ1v) is 6.64. The summed E-state index contributed by atoms with van der Waals surface area (Å²) >= 11 is 0. The smallest absolute Gasteiger partial charge is 0.320 e. The monoisotopic (exact) mass is 263 g/mol. The van der Waals surface area contributed by atoms with Crippen molar-refractivity contribution in [3.05, 3.63) is 23.4 Å². The molecule has 2 N–H and O–H groups in total. The minimum Gasteiger partial charge on any atom is -0.379 e. The van der Waals surface area contributed by atoms with Crippen LogP contribution in [-0.4, -0.2) is 30.3 Å². The van der Waals surface area contributed by atoms with Crippen LogP contribution in [0.5, 0.6) is 0 Å². The van der Waals surface area contributed by atoms with Crippen LogP contribution in [0.25, 0.3) is 0 Å². The molecule has 1 aromatic rings. The van der Waals surface area contributed by atoms with Crippen molar-refractivity contribution in [2.75, 3.05) is 12.4 Å². The molecule has 5 nitrogen and oxygen atoms in total. The number of aromatic nitrogens is 1. The van der Waals surface area contributed by atoms with Gasteiger partial charge >= 0.3 is 6.03 Å². The standard InChI is InChI=1S/C14H21N3O2/c1-9-7-10(2)15-13(8-9)17-14(18)16-11-5-4-6-12(11)19-3/h7-8,11-12H,4-6H2,1-3H3,(H2,15,16,17,18)/t11-,12-/m0/s1. The number of nitrogens with zero attached hydrogens (tertiary/aromatic N) is 1. The molecule has 0 unspecified atom stereocenters. The minimum atomic E-state index is -0.216. The van der Waals surface area contributed by atoms with Crippen LogP contribution in [0, 0.1) is 13.8 Å². The summed E-state index contributed by atoms with van der Waals surface area (Å²) in [6.45, 7) is 3.89. The van der Waals surface area contributed by atoms with Crippen LogP contribution in [0.3, 0.4) is 0 Å². The molecule has 0 saturated heterocycles. The molecule has 19 heavy (non-hydrogen) atoms. The van der Waals surface area contributed by atoms with Crippen LogP contribution in [0.15, 0.2) is 12.1 Å². The van der Waals surface area contributed by atoms with Crippen LogP contribution >= 0.6 is 0 Å². The fraction of sp³-hybridized carbons (Fsp3) is 0.571. The van der Waals surface area contributed by atoms with E-state index in [1.165, 1.54) is 0 Å². The Morgan fingerprint density at radius 3 is 2.84 bits per heavy atom. The third kappa shape index (κ3) is 3.67. The zero-order valence-corrected chi connectivity index (χ0v) is 11.7. The average Bonchev–Trinajstić information content (AvgIpc) is 2.74. The number of carbonyl (C=O) groups excluding carboxylic acids is 1. The van der Waals surface area contributed by atoms with Gasteiger partial charge in [-0.15, -0.1) is 0 Å². The van der Waals surface area contributed by atoms with E-state index in [0.717, 1.165) is 30.5 Å². The van der Waals surface area contributed by atoms with Gasteiger partial charge in [0.05, 0.1) is 12.1 Å². The van der Waals surface area contributed by atoms with Gasteiger partial charge in [-0.1, -0.05) is 0 Å². The first-order chi connectivity index (χ1) is 9.08. The maximum absolute atomic E-state index is 11.9. The maximum atomic E-state index is 11.9. The normalized spacial score (nSPS) is 22.3. The Bertz CT molecular complexity index is 442. The highest BCUT2D eigenvalue weighted by molar-refractivity contribution is 5.88. The lowest BCUT2D eigenvalue weighted by Crippen LogP contribution is -2.43. The van der Waals surface area contributed by atoms with Crippen LogP contribution < -0.4 is 10.6 Å². The lowest BCUT2D eigenvalue weighted by Gasteiger charge is -2.19. The molecule has 0 aromatic carbocycles. The van der Waals surface area contributed by atoms with Crippen molar-refractivity contribution in [1.29, 1.82) is 0 Å². The molecule has 1 fully saturated rings. The second kappa shape index (κ2) is 6.02. The number of pyridine rings is 1. The lowest BCUT2D eigenvalue weighted by atomic mass is 10.2. The summed E-state index contributed by atoms with van der Waals surface area (Å²) in [5, 5.41) is 5.73. The van der Waals surface area contributed by atoms with E-state index in [-0.39, 0.29) is 18.2 Å². The van der Waals surface area contributed by atoms with Gasteiger partial charge in [-0.05, 0) is 50.8 Å². The molecule has 0 spiro atoms. The van der Waals surface area contributed by atoms with Crippen molar-refractivity contribution in [2.45, 2.75) is 45.3 Å². The van der Waals surface area contributed by atoms with Crippen LogP contribution in [0.1, 0.15) is 30.5 Å². The Kier molecular flexibility index (Phi) is 4.37. The van der Waals surface area contributed by atoms with Crippen molar-refractivity contribution >= 4 is 11.8 Å². The number of ether oxygens (including phenoxy) is 1. The molecule has 5 heteroatoms. The summed E-state index contributed by atoms with van der Waals surface area (Å²) in [7, 11) is 1.69. The first-order valence-electron chi connectivity index (χ1n) is 6.64. The van der Waals surface area contributed by atoms with Crippen LogP contribution in [0.4, 0.5) is 10.6 Å². The number of hydrogen-bond acceptors (Lipinski definition) is 3. The van der Waals surface area contributed by atoms with Gasteiger partial charge in [0, 0.05) is 12.8 Å². The summed E-state index contributed by atoms with van der Waals surface area (Å²) in [5.41, 5.74) is 1.98. The van der Waals surface area contributed by atoms with Crippen molar-refractivity contribution in [1.82, 2.24) is 10.3 Å². The highest BCUT2D eigenvalue weighted by Gasteiger charge is 2.28. The molecular formula is C14H21N3O2. The van der Waals surface area contributed by atoms with E-state index in [4.69, 9.17) is 4.74 Å². The number of nitrogens with one attached hydrogen (secondary N) is 2. The van der Waals surface area contributed by atoms with E-state index in [1.54, 1.807) is 7.11 Å². The van der Waals surface area contributed by atoms with E-state index in [2.05, 4.69) is 15.6 Å². The van der Waals surface area contributed by atoms with Crippen LogP contribution in [-0.2, 0) is 4.74 Å². The molecule has 104 valence electrons. The number of hydrogen-bond donors (Lipinski definition) is 2. The van der Waals surface area contributed by atoms with E-state index in [0.29, 0.717) is 5.82 Å². The van der Waals surface area contributed by atoms with Gasteiger partial charge in [-0.2, -0.15) is 0 Å². The zero-order valence-electron chi connectivity index (χ0n) is 11.7. The van der Waals surface area contributed by atoms with Crippen molar-refractivity contribution in [2.24, 2.45) is 0 Å². The molecule has 2 rings (SSSR count). The largest absolute Gasteiger partial charge is 0.379 e. The molecule has 0 bridgehead atoms. The number of rotatable bonds is 3. The summed E-state index contributed by atoms with van der Waals surface area (Å²) in [5.74, 6) is 0.585. The zero-order chi connectivity index (χ0) is 13.8. The van der Waals surface area contributed by atoms with E-state index in [9.17, 15) is 4.79 Å². The fourth-order valence-electron chi connectivity index (χ4n) is 2.60. The molecule has 1 aliphatic carbocycles. The molecule has 0 radical (unpaired) electrons. The van der Waals surface area contributed by atoms with E-state index < -0.39 is 0 Å². The Labute approximate surface area is 113 Å². The maximum Gasteiger partial charge on any atom is 0.320 e. The van der Waals surface area contributed by atoms with Gasteiger partial charge in [0.25, 0.3) is 0 Å². The topological polar surface area (TPSA) is 63.2 Å². The molecule has 1 aromatic heterocycles. The van der Waals surface area contributed by atoms with Gasteiger partial charge in [-0.3, -0.25) is 5.32 Å². The van der Waals surface area contributed by atoms with Gasteiger partial charge < -0.3 is 10.1 Å². The molecule has 1 saturated carbocycles. The van der Waals surface area contributed by atoms with Crippen molar-refractivity contribution in [3.63, 3.8) is 0 Å². The molecule has 1 aliphatic rings. The Morgan fingerprint density at radius 1 is 1.37 bits per heavy atom. The third-order valence-electron chi connectivity index (χ3n) is 3.41. The van der Waals surface area contributed by atoms with E-state index in [1.807, 2.05) is 26.0 Å². The van der Waals surface area contributed by atoms with Crippen molar-refractivity contribution in [3.8, 4) is 0 Å². The SMILES string of the molecule is CO[C@H]1CCC[C@@H]1NC(=O)Nc1cc(C)cc(C)n1. The summed E-state index contributed by atoms with van der Waals surface area (Å²) in [6.07, 6.45) is 3.18. The van der Waals surface area contributed by atoms with Gasteiger partial charge in [0.15, 0.2) is 0 Å². The average molecular weight is 263 g/mol. The second-order valence-corrected chi connectivity index (χ2v) is 5.08. The number of anilines is 1. The van der Waals surface area contributed by atoms with E-state index >= 15 is 0 Å². The second-order valence-electron chi connectivity index (χ2n) is 5.08. The predicted molar refractivity (Wildman–Crippen MR) is 74.3 cm³/mol. The highest BCUT2D eigenvalue weighted by Crippen LogP contribution is 2.21. The lowest BCUT2D eigenvalue weighted by molar-refractivity contribution is 0.0882. The summed E-state index contributed by atoms with van der Waals surface area (Å²) < 4.78 is 5.35. The molecule has 0 aliphatic heterocycles. The third-order valence-corrected chi connectivity index (χ3v) is 3.41.